The molecule has 0 aromatic heterocycles. The van der Waals surface area contributed by atoms with Gasteiger partial charge in [-0.3, -0.25) is 14.4 Å². The highest BCUT2D eigenvalue weighted by atomic mass is 16.2. The van der Waals surface area contributed by atoms with Crippen LogP contribution in [0.15, 0.2) is 42.5 Å². The number of rotatable bonds is 5. The summed E-state index contributed by atoms with van der Waals surface area (Å²) in [4.78, 5) is 35.7. The summed E-state index contributed by atoms with van der Waals surface area (Å²) in [5.41, 5.74) is 3.70. The zero-order chi connectivity index (χ0) is 18.4. The number of benzene rings is 2. The minimum Gasteiger partial charge on any atom is -0.318 e. The Labute approximate surface area is 147 Å². The summed E-state index contributed by atoms with van der Waals surface area (Å²) >= 11 is 0. The van der Waals surface area contributed by atoms with Crippen LogP contribution in [0, 0.1) is 0 Å². The zero-order valence-corrected chi connectivity index (χ0v) is 14.7. The number of carbonyl (C=O) groups excluding carboxylic acids is 3. The molecule has 0 atom stereocenters. The van der Waals surface area contributed by atoms with Gasteiger partial charge < -0.3 is 10.6 Å². The second-order valence-corrected chi connectivity index (χ2v) is 5.70. The Morgan fingerprint density at radius 3 is 1.80 bits per heavy atom. The van der Waals surface area contributed by atoms with Gasteiger partial charge in [-0.05, 0) is 55.2 Å². The van der Waals surface area contributed by atoms with Gasteiger partial charge in [-0.2, -0.15) is 0 Å². The molecule has 2 N–H and O–H groups in total. The van der Waals surface area contributed by atoms with Crippen molar-refractivity contribution in [3.8, 4) is 0 Å². The summed E-state index contributed by atoms with van der Waals surface area (Å²) < 4.78 is 0. The SMILES string of the molecule is CCc1cccc(CC)c1NC(=O)C(=O)Nc1ccc(C(C)=O)cc1. The molecule has 2 aromatic rings. The van der Waals surface area contributed by atoms with E-state index >= 15 is 0 Å². The molecule has 2 rings (SSSR count). The molecule has 2 amide bonds. The number of hydrogen-bond acceptors (Lipinski definition) is 3. The Hall–Kier alpha value is -2.95. The Balaban J connectivity index is 2.11. The van der Waals surface area contributed by atoms with Crippen molar-refractivity contribution in [2.75, 3.05) is 10.6 Å². The van der Waals surface area contributed by atoms with Crippen molar-refractivity contribution in [2.45, 2.75) is 33.6 Å². The summed E-state index contributed by atoms with van der Waals surface area (Å²) in [5.74, 6) is -1.52. The van der Waals surface area contributed by atoms with E-state index in [1.807, 2.05) is 32.0 Å². The van der Waals surface area contributed by atoms with Gasteiger partial charge in [-0.1, -0.05) is 32.0 Å². The summed E-state index contributed by atoms with van der Waals surface area (Å²) in [6.45, 7) is 5.47. The van der Waals surface area contributed by atoms with Crippen LogP contribution in [0.4, 0.5) is 11.4 Å². The Kier molecular flexibility index (Phi) is 6.06. The topological polar surface area (TPSA) is 75.3 Å². The van der Waals surface area contributed by atoms with Crippen LogP contribution in [0.5, 0.6) is 0 Å². The maximum absolute atomic E-state index is 12.3. The van der Waals surface area contributed by atoms with Crippen molar-refractivity contribution in [2.24, 2.45) is 0 Å². The molecule has 0 heterocycles. The average molecular weight is 338 g/mol. The van der Waals surface area contributed by atoms with Crippen molar-refractivity contribution in [1.82, 2.24) is 0 Å². The van der Waals surface area contributed by atoms with Crippen LogP contribution in [0.2, 0.25) is 0 Å². The first-order valence-corrected chi connectivity index (χ1v) is 8.30. The molecule has 0 saturated heterocycles. The van der Waals surface area contributed by atoms with Crippen LogP contribution in [-0.2, 0) is 22.4 Å². The fourth-order valence-electron chi connectivity index (χ4n) is 2.55. The van der Waals surface area contributed by atoms with Crippen molar-refractivity contribution < 1.29 is 14.4 Å². The molecule has 0 bridgehead atoms. The molecule has 0 aliphatic rings. The number of nitrogens with one attached hydrogen (secondary N) is 2. The number of hydrogen-bond donors (Lipinski definition) is 2. The molecule has 130 valence electrons. The minimum atomic E-state index is -0.747. The van der Waals surface area contributed by atoms with Crippen LogP contribution in [0.1, 0.15) is 42.3 Å². The van der Waals surface area contributed by atoms with Gasteiger partial charge in [0.1, 0.15) is 0 Å². The van der Waals surface area contributed by atoms with Crippen LogP contribution >= 0.6 is 0 Å². The molecule has 0 aliphatic carbocycles. The lowest BCUT2D eigenvalue weighted by Crippen LogP contribution is -2.29. The fourth-order valence-corrected chi connectivity index (χ4v) is 2.55. The molecule has 0 saturated carbocycles. The fraction of sp³-hybridized carbons (Fsp3) is 0.250. The quantitative estimate of drug-likeness (QED) is 0.646. The smallest absolute Gasteiger partial charge is 0.314 e. The van der Waals surface area contributed by atoms with Crippen LogP contribution < -0.4 is 10.6 Å². The Bertz CT molecular complexity index is 773. The number of Topliss-reactive ketones (excluding diaryl/α,β-unsaturated/α-hetero) is 1. The van der Waals surface area contributed by atoms with Gasteiger partial charge in [0.2, 0.25) is 0 Å². The molecular formula is C20H22N2O3. The molecule has 0 aliphatic heterocycles. The van der Waals surface area contributed by atoms with Crippen LogP contribution in [0.3, 0.4) is 0 Å². The van der Waals surface area contributed by atoms with E-state index in [-0.39, 0.29) is 5.78 Å². The van der Waals surface area contributed by atoms with E-state index in [9.17, 15) is 14.4 Å². The lowest BCUT2D eigenvalue weighted by molar-refractivity contribution is -0.133. The summed E-state index contributed by atoms with van der Waals surface area (Å²) in [6, 6.07) is 12.2. The first-order chi connectivity index (χ1) is 12.0. The number of carbonyl (C=O) groups is 3. The molecule has 5 heteroatoms. The van der Waals surface area contributed by atoms with E-state index in [2.05, 4.69) is 10.6 Å². The second kappa shape index (κ2) is 8.24. The molecule has 0 unspecified atom stereocenters. The molecule has 0 spiro atoms. The molecule has 0 radical (unpaired) electrons. The minimum absolute atomic E-state index is 0.0566. The van der Waals surface area contributed by atoms with Gasteiger partial charge in [0.05, 0.1) is 0 Å². The summed E-state index contributed by atoms with van der Waals surface area (Å²) in [7, 11) is 0. The number of ketones is 1. The monoisotopic (exact) mass is 338 g/mol. The molecule has 2 aromatic carbocycles. The van der Waals surface area contributed by atoms with E-state index in [1.54, 1.807) is 24.3 Å². The first kappa shape index (κ1) is 18.4. The van der Waals surface area contributed by atoms with Gasteiger partial charge in [0, 0.05) is 16.9 Å². The highest BCUT2D eigenvalue weighted by Gasteiger charge is 2.17. The maximum Gasteiger partial charge on any atom is 0.314 e. The highest BCUT2D eigenvalue weighted by molar-refractivity contribution is 6.43. The third kappa shape index (κ3) is 4.53. The van der Waals surface area contributed by atoms with E-state index in [0.717, 1.165) is 24.0 Å². The van der Waals surface area contributed by atoms with Crippen molar-refractivity contribution in [3.05, 3.63) is 59.2 Å². The number of aryl methyl sites for hydroxylation is 2. The lowest BCUT2D eigenvalue weighted by atomic mass is 10.0. The summed E-state index contributed by atoms with van der Waals surface area (Å²) in [6.07, 6.45) is 1.52. The first-order valence-electron chi connectivity index (χ1n) is 8.30. The van der Waals surface area contributed by atoms with E-state index < -0.39 is 11.8 Å². The van der Waals surface area contributed by atoms with E-state index in [4.69, 9.17) is 0 Å². The predicted molar refractivity (Wildman–Crippen MR) is 98.9 cm³/mol. The molecule has 0 fully saturated rings. The second-order valence-electron chi connectivity index (χ2n) is 5.70. The van der Waals surface area contributed by atoms with Crippen molar-refractivity contribution in [1.29, 1.82) is 0 Å². The van der Waals surface area contributed by atoms with E-state index in [0.29, 0.717) is 16.9 Å². The third-order valence-electron chi connectivity index (χ3n) is 3.99. The largest absolute Gasteiger partial charge is 0.318 e. The predicted octanol–water partition coefficient (Wildman–Crippen LogP) is 3.59. The number of anilines is 2. The number of para-hydroxylation sites is 1. The lowest BCUT2D eigenvalue weighted by Gasteiger charge is -2.14. The number of amides is 2. The normalized spacial score (nSPS) is 10.2. The Morgan fingerprint density at radius 2 is 1.32 bits per heavy atom. The summed E-state index contributed by atoms with van der Waals surface area (Å²) in [5, 5.41) is 5.27. The van der Waals surface area contributed by atoms with Crippen LogP contribution in [-0.4, -0.2) is 17.6 Å². The van der Waals surface area contributed by atoms with Gasteiger partial charge in [-0.25, -0.2) is 0 Å². The van der Waals surface area contributed by atoms with Gasteiger partial charge in [0.25, 0.3) is 0 Å². The van der Waals surface area contributed by atoms with Crippen molar-refractivity contribution >= 4 is 29.0 Å². The van der Waals surface area contributed by atoms with Gasteiger partial charge in [-0.15, -0.1) is 0 Å². The molecular weight excluding hydrogens is 316 g/mol. The molecule has 25 heavy (non-hydrogen) atoms. The highest BCUT2D eigenvalue weighted by Crippen LogP contribution is 2.22. The zero-order valence-electron chi connectivity index (χ0n) is 14.7. The van der Waals surface area contributed by atoms with Gasteiger partial charge >= 0.3 is 11.8 Å². The standard InChI is InChI=1S/C20H22N2O3/c1-4-14-7-6-8-15(5-2)18(14)22-20(25)19(24)21-17-11-9-16(10-12-17)13(3)23/h6-12H,4-5H2,1-3H3,(H,21,24)(H,22,25). The molecule has 5 nitrogen and oxygen atoms in total. The third-order valence-corrected chi connectivity index (χ3v) is 3.99. The average Bonchev–Trinajstić information content (AvgIpc) is 2.62. The van der Waals surface area contributed by atoms with Crippen molar-refractivity contribution in [3.63, 3.8) is 0 Å². The van der Waals surface area contributed by atoms with E-state index in [1.165, 1.54) is 6.92 Å². The van der Waals surface area contributed by atoms with Gasteiger partial charge in [0.15, 0.2) is 5.78 Å². The van der Waals surface area contributed by atoms with Crippen LogP contribution in [0.25, 0.3) is 0 Å². The maximum atomic E-state index is 12.3. The Morgan fingerprint density at radius 1 is 0.800 bits per heavy atom.